The van der Waals surface area contributed by atoms with Gasteiger partial charge in [0.1, 0.15) is 0 Å². The van der Waals surface area contributed by atoms with Gasteiger partial charge in [-0.2, -0.15) is 5.26 Å². The Bertz CT molecular complexity index is 129. The van der Waals surface area contributed by atoms with Crippen molar-refractivity contribution in [1.82, 2.24) is 4.90 Å². The van der Waals surface area contributed by atoms with Crippen LogP contribution in [0.2, 0.25) is 0 Å². The van der Waals surface area contributed by atoms with E-state index in [1.165, 1.54) is 0 Å². The molecule has 0 aliphatic heterocycles. The minimum absolute atomic E-state index is 0.153. The molecule has 0 N–H and O–H groups in total. The van der Waals surface area contributed by atoms with Crippen LogP contribution >= 0.6 is 0 Å². The van der Waals surface area contributed by atoms with Crippen LogP contribution in [0.5, 0.6) is 0 Å². The Kier molecular flexibility index (Phi) is 7.02. The number of nitrogens with zero attached hydrogens (tertiary/aromatic N) is 2. The van der Waals surface area contributed by atoms with Gasteiger partial charge in [0.2, 0.25) is 0 Å². The fourth-order valence-corrected chi connectivity index (χ4v) is 0. The summed E-state index contributed by atoms with van der Waals surface area (Å²) in [7, 11) is 4.15. The lowest BCUT2D eigenvalue weighted by Crippen LogP contribution is -2.20. The first-order valence-corrected chi connectivity index (χ1v) is 4.28. The topological polar surface area (TPSA) is 27.0 Å². The summed E-state index contributed by atoms with van der Waals surface area (Å²) in [5.41, 5.74) is -0.153. The van der Waals surface area contributed by atoms with Gasteiger partial charge in [0.25, 0.3) is 0 Å². The van der Waals surface area contributed by atoms with E-state index < -0.39 is 0 Å². The third kappa shape index (κ3) is 16.2. The second kappa shape index (κ2) is 6.02. The predicted octanol–water partition coefficient (Wildman–Crippen LogP) is 2.51. The van der Waals surface area contributed by atoms with Crippen LogP contribution in [0.4, 0.5) is 0 Å². The Hall–Kier alpha value is -0.550. The lowest BCUT2D eigenvalue weighted by Gasteiger charge is -2.12. The first-order valence-electron chi connectivity index (χ1n) is 4.28. The molecule has 2 heteroatoms. The molecule has 0 heterocycles. The van der Waals surface area contributed by atoms with Crippen molar-refractivity contribution in [2.24, 2.45) is 5.41 Å². The quantitative estimate of drug-likeness (QED) is 0.604. The summed E-state index contributed by atoms with van der Waals surface area (Å²) in [5, 5.41) is 8.15. The molecule has 12 heavy (non-hydrogen) atoms. The Morgan fingerprint density at radius 1 is 1.17 bits per heavy atom. The van der Waals surface area contributed by atoms with Gasteiger partial charge in [-0.1, -0.05) is 0 Å². The first kappa shape index (κ1) is 14.0. The SMILES string of the molecule is CC(C)(C)C#N.CC(C)N(C)C. The summed E-state index contributed by atoms with van der Waals surface area (Å²) >= 11 is 0. The van der Waals surface area contributed by atoms with E-state index in [2.05, 4.69) is 38.9 Å². The molecular formula is C10H22N2. The minimum Gasteiger partial charge on any atom is -0.307 e. The number of nitriles is 1. The van der Waals surface area contributed by atoms with Crippen molar-refractivity contribution >= 4 is 0 Å². The van der Waals surface area contributed by atoms with Gasteiger partial charge < -0.3 is 4.90 Å². The van der Waals surface area contributed by atoms with Crippen molar-refractivity contribution < 1.29 is 0 Å². The van der Waals surface area contributed by atoms with Gasteiger partial charge in [-0.15, -0.1) is 0 Å². The van der Waals surface area contributed by atoms with E-state index in [-0.39, 0.29) is 5.41 Å². The summed E-state index contributed by atoms with van der Waals surface area (Å²) in [5.74, 6) is 0. The Labute approximate surface area is 77.2 Å². The van der Waals surface area contributed by atoms with E-state index in [9.17, 15) is 0 Å². The van der Waals surface area contributed by atoms with Crippen molar-refractivity contribution in [3.05, 3.63) is 0 Å². The fourth-order valence-electron chi connectivity index (χ4n) is 0. The van der Waals surface area contributed by atoms with Gasteiger partial charge in [0.15, 0.2) is 0 Å². The van der Waals surface area contributed by atoms with Gasteiger partial charge >= 0.3 is 0 Å². The molecule has 0 aliphatic rings. The molecule has 72 valence electrons. The van der Waals surface area contributed by atoms with Crippen LogP contribution < -0.4 is 0 Å². The lowest BCUT2D eigenvalue weighted by atomic mass is 10.0. The van der Waals surface area contributed by atoms with Crippen LogP contribution in [-0.2, 0) is 0 Å². The molecule has 0 saturated heterocycles. The smallest absolute Gasteiger partial charge is 0.0680 e. The van der Waals surface area contributed by atoms with E-state index in [0.717, 1.165) is 0 Å². The van der Waals surface area contributed by atoms with Crippen LogP contribution in [0.15, 0.2) is 0 Å². The molecule has 0 rings (SSSR count). The molecule has 0 fully saturated rings. The van der Waals surface area contributed by atoms with Gasteiger partial charge in [-0.05, 0) is 48.7 Å². The van der Waals surface area contributed by atoms with E-state index in [1.807, 2.05) is 20.8 Å². The Morgan fingerprint density at radius 2 is 1.33 bits per heavy atom. The average molecular weight is 170 g/mol. The van der Waals surface area contributed by atoms with Crippen LogP contribution in [0.25, 0.3) is 0 Å². The third-order valence-electron chi connectivity index (χ3n) is 1.37. The molecular weight excluding hydrogens is 148 g/mol. The monoisotopic (exact) mass is 170 g/mol. The fraction of sp³-hybridized carbons (Fsp3) is 0.900. The van der Waals surface area contributed by atoms with Gasteiger partial charge in [-0.3, -0.25) is 0 Å². The maximum absolute atomic E-state index is 8.15. The molecule has 0 aliphatic carbocycles. The molecule has 0 radical (unpaired) electrons. The van der Waals surface area contributed by atoms with E-state index in [0.29, 0.717) is 6.04 Å². The highest BCUT2D eigenvalue weighted by molar-refractivity contribution is 4.86. The maximum atomic E-state index is 8.15. The molecule has 0 atom stereocenters. The molecule has 0 aromatic rings. The Balaban J connectivity index is 0. The average Bonchev–Trinajstić information content (AvgIpc) is 1.87. The van der Waals surface area contributed by atoms with Crippen LogP contribution in [0, 0.1) is 16.7 Å². The van der Waals surface area contributed by atoms with Crippen molar-refractivity contribution in [1.29, 1.82) is 5.26 Å². The van der Waals surface area contributed by atoms with E-state index >= 15 is 0 Å². The Morgan fingerprint density at radius 3 is 1.33 bits per heavy atom. The largest absolute Gasteiger partial charge is 0.307 e. The third-order valence-corrected chi connectivity index (χ3v) is 1.37. The van der Waals surface area contributed by atoms with Crippen molar-refractivity contribution in [3.8, 4) is 6.07 Å². The zero-order chi connectivity index (χ0) is 10.4. The highest BCUT2D eigenvalue weighted by atomic mass is 15.1. The molecule has 0 aromatic heterocycles. The highest BCUT2D eigenvalue weighted by Gasteiger charge is 2.04. The zero-order valence-electron chi connectivity index (χ0n) is 9.47. The summed E-state index contributed by atoms with van der Waals surface area (Å²) in [6.07, 6.45) is 0. The van der Waals surface area contributed by atoms with Crippen molar-refractivity contribution in [2.45, 2.75) is 40.7 Å². The molecule has 0 unspecified atom stereocenters. The first-order chi connectivity index (χ1) is 5.20. The highest BCUT2D eigenvalue weighted by Crippen LogP contribution is 2.08. The second-order valence-electron chi connectivity index (χ2n) is 4.42. The second-order valence-corrected chi connectivity index (χ2v) is 4.42. The van der Waals surface area contributed by atoms with Gasteiger partial charge in [0, 0.05) is 11.5 Å². The molecule has 0 amide bonds. The molecule has 0 saturated carbocycles. The van der Waals surface area contributed by atoms with Crippen LogP contribution in [0.1, 0.15) is 34.6 Å². The lowest BCUT2D eigenvalue weighted by molar-refractivity contribution is 0.335. The van der Waals surface area contributed by atoms with Crippen LogP contribution in [-0.4, -0.2) is 25.0 Å². The summed E-state index contributed by atoms with van der Waals surface area (Å²) in [4.78, 5) is 2.17. The molecule has 0 bridgehead atoms. The van der Waals surface area contributed by atoms with Crippen molar-refractivity contribution in [3.63, 3.8) is 0 Å². The van der Waals surface area contributed by atoms with Gasteiger partial charge in [-0.25, -0.2) is 0 Å². The maximum Gasteiger partial charge on any atom is 0.0680 e. The molecule has 0 spiro atoms. The summed E-state index contributed by atoms with van der Waals surface area (Å²) in [6.45, 7) is 9.98. The molecule has 0 aromatic carbocycles. The summed E-state index contributed by atoms with van der Waals surface area (Å²) < 4.78 is 0. The normalized spacial score (nSPS) is 10.7. The number of rotatable bonds is 1. The predicted molar refractivity (Wildman–Crippen MR) is 53.9 cm³/mol. The minimum atomic E-state index is -0.153. The zero-order valence-corrected chi connectivity index (χ0v) is 9.47. The summed E-state index contributed by atoms with van der Waals surface area (Å²) in [6, 6.07) is 2.79. The van der Waals surface area contributed by atoms with Crippen molar-refractivity contribution in [2.75, 3.05) is 14.1 Å². The number of hydrogen-bond donors (Lipinski definition) is 0. The van der Waals surface area contributed by atoms with Gasteiger partial charge in [0.05, 0.1) is 6.07 Å². The number of hydrogen-bond acceptors (Lipinski definition) is 2. The standard InChI is InChI=1S/C5H13N.C5H9N/c1-5(2)6(3)4;1-5(2,3)4-6/h5H,1-4H3;1-3H3. The van der Waals surface area contributed by atoms with E-state index in [4.69, 9.17) is 5.26 Å². The van der Waals surface area contributed by atoms with Crippen LogP contribution in [0.3, 0.4) is 0 Å². The van der Waals surface area contributed by atoms with E-state index in [1.54, 1.807) is 0 Å². The molecule has 2 nitrogen and oxygen atoms in total.